The van der Waals surface area contributed by atoms with Crippen LogP contribution in [0, 0.1) is 6.92 Å². The van der Waals surface area contributed by atoms with Crippen LogP contribution in [0.3, 0.4) is 0 Å². The van der Waals surface area contributed by atoms with Gasteiger partial charge in [0.1, 0.15) is 5.82 Å². The van der Waals surface area contributed by atoms with E-state index in [4.69, 9.17) is 5.11 Å². The van der Waals surface area contributed by atoms with Gasteiger partial charge < -0.3 is 9.67 Å². The third-order valence-electron chi connectivity index (χ3n) is 3.60. The van der Waals surface area contributed by atoms with Crippen molar-refractivity contribution < 1.29 is 18.3 Å². The summed E-state index contributed by atoms with van der Waals surface area (Å²) in [6.07, 6.45) is 2.11. The van der Waals surface area contributed by atoms with Gasteiger partial charge in [-0.3, -0.25) is 9.69 Å². The van der Waals surface area contributed by atoms with Crippen molar-refractivity contribution in [2.75, 3.05) is 32.7 Å². The third kappa shape index (κ3) is 3.60. The fourth-order valence-corrected chi connectivity index (χ4v) is 3.81. The predicted molar refractivity (Wildman–Crippen MR) is 75.4 cm³/mol. The smallest absolute Gasteiger partial charge is 0.317 e. The molecule has 1 aromatic heterocycles. The summed E-state index contributed by atoms with van der Waals surface area (Å²) in [5.41, 5.74) is 0. The van der Waals surface area contributed by atoms with Crippen LogP contribution in [0.1, 0.15) is 12.2 Å². The Morgan fingerprint density at radius 2 is 2.05 bits per heavy atom. The highest BCUT2D eigenvalue weighted by Gasteiger charge is 2.29. The largest absolute Gasteiger partial charge is 0.480 e. The van der Waals surface area contributed by atoms with Crippen molar-refractivity contribution in [3.8, 4) is 0 Å². The molecule has 2 rings (SSSR count). The van der Waals surface area contributed by atoms with Crippen molar-refractivity contribution in [2.24, 2.45) is 7.05 Å². The molecular formula is C12H20N4O4S. The molecule has 0 unspecified atom stereocenters. The van der Waals surface area contributed by atoms with Gasteiger partial charge in [0, 0.05) is 39.4 Å². The number of imidazole rings is 1. The van der Waals surface area contributed by atoms with Gasteiger partial charge in [-0.2, -0.15) is 4.31 Å². The van der Waals surface area contributed by atoms with Crippen LogP contribution in [0.15, 0.2) is 11.2 Å². The third-order valence-corrected chi connectivity index (χ3v) is 5.37. The van der Waals surface area contributed by atoms with Crippen LogP contribution in [0.25, 0.3) is 0 Å². The lowest BCUT2D eigenvalue weighted by atomic mass is 10.4. The van der Waals surface area contributed by atoms with Crippen LogP contribution >= 0.6 is 0 Å². The second-order valence-electron chi connectivity index (χ2n) is 5.16. The number of aromatic nitrogens is 2. The van der Waals surface area contributed by atoms with E-state index in [0.29, 0.717) is 31.9 Å². The molecule has 8 nitrogen and oxygen atoms in total. The summed E-state index contributed by atoms with van der Waals surface area (Å²) in [5.74, 6) is -0.262. The molecule has 9 heteroatoms. The molecular weight excluding hydrogens is 296 g/mol. The SMILES string of the molecule is Cc1nc(S(=O)(=O)N2CCCN(CC(=O)O)CC2)cn1C. The first-order valence-corrected chi connectivity index (χ1v) is 8.19. The van der Waals surface area contributed by atoms with Crippen LogP contribution in [0.5, 0.6) is 0 Å². The fourth-order valence-electron chi connectivity index (χ4n) is 2.32. The maximum Gasteiger partial charge on any atom is 0.317 e. The molecule has 0 spiro atoms. The molecule has 1 aromatic rings. The van der Waals surface area contributed by atoms with Crippen molar-refractivity contribution in [1.29, 1.82) is 0 Å². The Balaban J connectivity index is 2.12. The molecule has 21 heavy (non-hydrogen) atoms. The minimum absolute atomic E-state index is 0.0502. The maximum atomic E-state index is 12.5. The number of sulfonamides is 1. The second-order valence-corrected chi connectivity index (χ2v) is 7.05. The molecule has 1 saturated heterocycles. The zero-order chi connectivity index (χ0) is 15.6. The van der Waals surface area contributed by atoms with Crippen LogP contribution in [0.2, 0.25) is 0 Å². The highest BCUT2D eigenvalue weighted by atomic mass is 32.2. The Bertz CT molecular complexity index is 606. The number of nitrogens with zero attached hydrogens (tertiary/aromatic N) is 4. The summed E-state index contributed by atoms with van der Waals surface area (Å²) in [7, 11) is -1.86. The van der Waals surface area contributed by atoms with Gasteiger partial charge in [0.05, 0.1) is 6.54 Å². The van der Waals surface area contributed by atoms with E-state index in [2.05, 4.69) is 4.98 Å². The minimum Gasteiger partial charge on any atom is -0.480 e. The van der Waals surface area contributed by atoms with Crippen molar-refractivity contribution in [3.63, 3.8) is 0 Å². The monoisotopic (exact) mass is 316 g/mol. The van der Waals surface area contributed by atoms with E-state index in [1.54, 1.807) is 23.4 Å². The molecule has 0 atom stereocenters. The number of carboxylic acid groups (broad SMARTS) is 1. The molecule has 2 heterocycles. The summed E-state index contributed by atoms with van der Waals surface area (Å²) >= 11 is 0. The summed E-state index contributed by atoms with van der Waals surface area (Å²) in [6, 6.07) is 0. The Morgan fingerprint density at radius 3 is 2.62 bits per heavy atom. The van der Waals surface area contributed by atoms with E-state index in [1.165, 1.54) is 10.5 Å². The zero-order valence-corrected chi connectivity index (χ0v) is 13.0. The van der Waals surface area contributed by atoms with Gasteiger partial charge >= 0.3 is 5.97 Å². The zero-order valence-electron chi connectivity index (χ0n) is 12.2. The molecule has 0 saturated carbocycles. The summed E-state index contributed by atoms with van der Waals surface area (Å²) in [6.45, 7) is 3.35. The lowest BCUT2D eigenvalue weighted by Crippen LogP contribution is -2.36. The predicted octanol–water partition coefficient (Wildman–Crippen LogP) is -0.490. The van der Waals surface area contributed by atoms with E-state index in [9.17, 15) is 13.2 Å². The van der Waals surface area contributed by atoms with Crippen molar-refractivity contribution in [3.05, 3.63) is 12.0 Å². The first-order chi connectivity index (χ1) is 9.80. The van der Waals surface area contributed by atoms with Crippen molar-refractivity contribution >= 4 is 16.0 Å². The van der Waals surface area contributed by atoms with Gasteiger partial charge in [0.2, 0.25) is 0 Å². The second kappa shape index (κ2) is 6.12. The summed E-state index contributed by atoms with van der Waals surface area (Å²) in [5, 5.41) is 8.86. The Hall–Kier alpha value is -1.45. The quantitative estimate of drug-likeness (QED) is 0.805. The number of aliphatic carboxylic acids is 1. The lowest BCUT2D eigenvalue weighted by molar-refractivity contribution is -0.138. The Labute approximate surface area is 124 Å². The molecule has 0 amide bonds. The number of rotatable bonds is 4. The van der Waals surface area contributed by atoms with Crippen molar-refractivity contribution in [2.45, 2.75) is 18.4 Å². The molecule has 1 N–H and O–H groups in total. The highest BCUT2D eigenvalue weighted by Crippen LogP contribution is 2.16. The van der Waals surface area contributed by atoms with Gasteiger partial charge in [-0.15, -0.1) is 0 Å². The maximum absolute atomic E-state index is 12.5. The molecule has 1 aliphatic rings. The highest BCUT2D eigenvalue weighted by molar-refractivity contribution is 7.89. The standard InChI is InChI=1S/C12H20N4O4S/c1-10-13-11(8-14(10)2)21(19,20)16-5-3-4-15(6-7-16)9-12(17)18/h8H,3-7,9H2,1-2H3,(H,17,18). The van der Waals surface area contributed by atoms with Crippen LogP contribution in [-0.2, 0) is 21.9 Å². The molecule has 0 aromatic carbocycles. The normalized spacial score (nSPS) is 18.6. The lowest BCUT2D eigenvalue weighted by Gasteiger charge is -2.19. The van der Waals surface area contributed by atoms with Gasteiger partial charge in [-0.25, -0.2) is 13.4 Å². The van der Waals surface area contributed by atoms with E-state index in [1.807, 2.05) is 0 Å². The summed E-state index contributed by atoms with van der Waals surface area (Å²) in [4.78, 5) is 16.6. The molecule has 0 aliphatic carbocycles. The average molecular weight is 316 g/mol. The molecule has 1 aliphatic heterocycles. The summed E-state index contributed by atoms with van der Waals surface area (Å²) < 4.78 is 28.2. The van der Waals surface area contributed by atoms with E-state index in [0.717, 1.165) is 0 Å². The number of carboxylic acids is 1. The van der Waals surface area contributed by atoms with Gasteiger partial charge in [0.15, 0.2) is 5.03 Å². The van der Waals surface area contributed by atoms with Crippen LogP contribution in [-0.4, -0.2) is 71.0 Å². The molecule has 118 valence electrons. The molecule has 0 bridgehead atoms. The van der Waals surface area contributed by atoms with Crippen molar-refractivity contribution in [1.82, 2.24) is 18.8 Å². The first kappa shape index (κ1) is 15.9. The van der Waals surface area contributed by atoms with E-state index in [-0.39, 0.29) is 18.1 Å². The first-order valence-electron chi connectivity index (χ1n) is 6.75. The van der Waals surface area contributed by atoms with Crippen LogP contribution in [0.4, 0.5) is 0 Å². The van der Waals surface area contributed by atoms with Gasteiger partial charge in [-0.1, -0.05) is 0 Å². The van der Waals surface area contributed by atoms with E-state index >= 15 is 0 Å². The van der Waals surface area contributed by atoms with Crippen LogP contribution < -0.4 is 0 Å². The number of carbonyl (C=O) groups is 1. The Kier molecular flexibility index (Phi) is 4.64. The fraction of sp³-hybridized carbons (Fsp3) is 0.667. The topological polar surface area (TPSA) is 95.7 Å². The number of hydrogen-bond acceptors (Lipinski definition) is 5. The average Bonchev–Trinajstić information content (AvgIpc) is 2.62. The Morgan fingerprint density at radius 1 is 1.33 bits per heavy atom. The van der Waals surface area contributed by atoms with E-state index < -0.39 is 16.0 Å². The molecule has 0 radical (unpaired) electrons. The number of aryl methyl sites for hydroxylation is 2. The molecule has 1 fully saturated rings. The number of hydrogen-bond donors (Lipinski definition) is 1. The van der Waals surface area contributed by atoms with Gasteiger partial charge in [-0.05, 0) is 13.3 Å². The van der Waals surface area contributed by atoms with Gasteiger partial charge in [0.25, 0.3) is 10.0 Å². The minimum atomic E-state index is -3.61.